The molecule has 0 spiro atoms. The van der Waals surface area contributed by atoms with E-state index < -0.39 is 16.6 Å². The Morgan fingerprint density at radius 3 is 1.57 bits per heavy atom. The van der Waals surface area contributed by atoms with Crippen molar-refractivity contribution in [2.45, 2.75) is 51.6 Å². The van der Waals surface area contributed by atoms with Crippen LogP contribution in [-0.4, -0.2) is 70.0 Å². The fraction of sp³-hybridized carbons (Fsp3) is 1.00. The van der Waals surface area contributed by atoms with Crippen molar-refractivity contribution in [2.75, 3.05) is 53.4 Å². The van der Waals surface area contributed by atoms with Gasteiger partial charge in [-0.25, -0.2) is 0 Å². The van der Waals surface area contributed by atoms with Crippen LogP contribution < -0.4 is 0 Å². The largest absolute Gasteiger partial charge is 0.456 e. The van der Waals surface area contributed by atoms with Crippen LogP contribution in [0.2, 0.25) is 38.8 Å². The predicted molar refractivity (Wildman–Crippen MR) is 100 cm³/mol. The van der Waals surface area contributed by atoms with Crippen molar-refractivity contribution in [1.82, 2.24) is 0 Å². The fourth-order valence-corrected chi connectivity index (χ4v) is 10.5. The Kier molecular flexibility index (Phi) is 13.7. The van der Waals surface area contributed by atoms with E-state index in [1.54, 1.807) is 7.11 Å². The first-order valence-electron chi connectivity index (χ1n) is 8.69. The summed E-state index contributed by atoms with van der Waals surface area (Å²) in [7, 11) is -1.21. The molecule has 0 rings (SSSR count). The lowest BCUT2D eigenvalue weighted by molar-refractivity contribution is 0.00335. The van der Waals surface area contributed by atoms with Gasteiger partial charge in [0.2, 0.25) is 0 Å². The summed E-state index contributed by atoms with van der Waals surface area (Å²) in [5, 5.41) is 0. The number of hydrogen-bond acceptors (Lipinski definition) is 5. The highest BCUT2D eigenvalue weighted by atomic mass is 28.4. The molecule has 0 N–H and O–H groups in total. The maximum absolute atomic E-state index is 6.33. The summed E-state index contributed by atoms with van der Waals surface area (Å²) < 4.78 is 27.5. The first kappa shape index (κ1) is 23.2. The van der Waals surface area contributed by atoms with E-state index in [1.807, 2.05) is 0 Å². The highest BCUT2D eigenvalue weighted by Gasteiger charge is 2.28. The Bertz CT molecular complexity index is 270. The van der Waals surface area contributed by atoms with Gasteiger partial charge >= 0.3 is 0 Å². The molecule has 23 heavy (non-hydrogen) atoms. The molecule has 7 heteroatoms. The summed E-state index contributed by atoms with van der Waals surface area (Å²) >= 11 is 0. The maximum Gasteiger partial charge on any atom is 0.173 e. The molecular weight excluding hydrogens is 328 g/mol. The van der Waals surface area contributed by atoms with Crippen molar-refractivity contribution in [1.29, 1.82) is 0 Å². The molecule has 0 bridgehead atoms. The van der Waals surface area contributed by atoms with Crippen LogP contribution in [0.5, 0.6) is 0 Å². The fourth-order valence-electron chi connectivity index (χ4n) is 2.32. The summed E-state index contributed by atoms with van der Waals surface area (Å²) in [5.41, 5.74) is 0. The normalized spacial score (nSPS) is 12.8. The van der Waals surface area contributed by atoms with E-state index in [2.05, 4.69) is 32.7 Å². The zero-order valence-corrected chi connectivity index (χ0v) is 18.1. The second-order valence-electron chi connectivity index (χ2n) is 7.26. The Morgan fingerprint density at radius 2 is 1.09 bits per heavy atom. The molecule has 0 aromatic carbocycles. The maximum atomic E-state index is 6.33. The number of rotatable bonds is 16. The molecule has 0 saturated heterocycles. The molecule has 140 valence electrons. The van der Waals surface area contributed by atoms with Crippen molar-refractivity contribution in [2.24, 2.45) is 0 Å². The summed E-state index contributed by atoms with van der Waals surface area (Å²) in [6.07, 6.45) is 2.30. The Balaban J connectivity index is 3.30. The van der Waals surface area contributed by atoms with E-state index in [9.17, 15) is 0 Å². The topological polar surface area (TPSA) is 46.2 Å². The van der Waals surface area contributed by atoms with Crippen LogP contribution in [-0.2, 0) is 23.1 Å². The number of unbranched alkanes of at least 4 members (excludes halogenated alkanes) is 1. The third-order valence-corrected chi connectivity index (χ3v) is 9.29. The molecule has 0 aliphatic rings. The average Bonchev–Trinajstić information content (AvgIpc) is 2.41. The van der Waals surface area contributed by atoms with E-state index in [1.165, 1.54) is 12.5 Å². The van der Waals surface area contributed by atoms with Crippen LogP contribution in [0.4, 0.5) is 0 Å². The molecule has 0 aromatic rings. The van der Waals surface area contributed by atoms with Gasteiger partial charge in [0.05, 0.1) is 39.6 Å². The highest BCUT2D eigenvalue weighted by Crippen LogP contribution is 2.20. The Hall–Kier alpha value is 0.234. The van der Waals surface area contributed by atoms with Crippen molar-refractivity contribution in [3.63, 3.8) is 0 Å². The third kappa shape index (κ3) is 18.4. The smallest absolute Gasteiger partial charge is 0.173 e. The van der Waals surface area contributed by atoms with E-state index >= 15 is 0 Å². The van der Waals surface area contributed by atoms with Crippen LogP contribution in [0.3, 0.4) is 0 Å². The van der Waals surface area contributed by atoms with Gasteiger partial charge in [-0.05, 0) is 45.2 Å². The highest BCUT2D eigenvalue weighted by molar-refractivity contribution is 6.84. The molecule has 0 heterocycles. The Labute approximate surface area is 145 Å². The molecule has 5 nitrogen and oxygen atoms in total. The van der Waals surface area contributed by atoms with E-state index in [0.717, 1.165) is 13.0 Å². The minimum atomic E-state index is -1.48. The molecule has 0 radical (unpaired) electrons. The SMILES string of the molecule is COCCOCCOCCOCCCC[Si](C)(C)O[Si](C)(C)C. The van der Waals surface area contributed by atoms with Crippen LogP contribution in [0.25, 0.3) is 0 Å². The van der Waals surface area contributed by atoms with E-state index in [4.69, 9.17) is 23.1 Å². The van der Waals surface area contributed by atoms with Crippen LogP contribution in [0, 0.1) is 0 Å². The summed E-state index contributed by atoms with van der Waals surface area (Å²) in [5.74, 6) is 0. The first-order chi connectivity index (χ1) is 10.8. The molecule has 0 aliphatic carbocycles. The van der Waals surface area contributed by atoms with Crippen LogP contribution >= 0.6 is 0 Å². The van der Waals surface area contributed by atoms with Gasteiger partial charge in [0.25, 0.3) is 0 Å². The molecule has 0 amide bonds. The average molecular weight is 367 g/mol. The lowest BCUT2D eigenvalue weighted by atomic mass is 10.4. The van der Waals surface area contributed by atoms with Gasteiger partial charge in [0.15, 0.2) is 16.6 Å². The van der Waals surface area contributed by atoms with Gasteiger partial charge in [-0.2, -0.15) is 0 Å². The Morgan fingerprint density at radius 1 is 0.609 bits per heavy atom. The van der Waals surface area contributed by atoms with Crippen molar-refractivity contribution >= 4 is 16.6 Å². The minimum absolute atomic E-state index is 0.611. The molecule has 0 atom stereocenters. The monoisotopic (exact) mass is 366 g/mol. The number of ether oxygens (including phenoxy) is 4. The lowest BCUT2D eigenvalue weighted by Crippen LogP contribution is -2.42. The zero-order valence-electron chi connectivity index (χ0n) is 16.1. The van der Waals surface area contributed by atoms with E-state index in [-0.39, 0.29) is 0 Å². The summed E-state index contributed by atoms with van der Waals surface area (Å²) in [6.45, 7) is 16.0. The summed E-state index contributed by atoms with van der Waals surface area (Å²) in [6, 6.07) is 1.22. The number of methoxy groups -OCH3 is 1. The van der Waals surface area contributed by atoms with Crippen molar-refractivity contribution in [3.05, 3.63) is 0 Å². The van der Waals surface area contributed by atoms with Crippen LogP contribution in [0.15, 0.2) is 0 Å². The minimum Gasteiger partial charge on any atom is -0.456 e. The first-order valence-corrected chi connectivity index (χ1v) is 15.2. The molecule has 0 aromatic heterocycles. The second-order valence-corrected chi connectivity index (χ2v) is 16.3. The van der Waals surface area contributed by atoms with Gasteiger partial charge in [0, 0.05) is 13.7 Å². The second kappa shape index (κ2) is 13.5. The summed E-state index contributed by atoms with van der Waals surface area (Å²) in [4.78, 5) is 0. The van der Waals surface area contributed by atoms with Gasteiger partial charge in [0.1, 0.15) is 0 Å². The lowest BCUT2D eigenvalue weighted by Gasteiger charge is -2.31. The number of hydrogen-bond donors (Lipinski definition) is 0. The zero-order chi connectivity index (χ0) is 17.6. The third-order valence-electron chi connectivity index (χ3n) is 3.08. The van der Waals surface area contributed by atoms with Gasteiger partial charge in [-0.15, -0.1) is 0 Å². The molecule has 0 unspecified atom stereocenters. The molecule has 0 aliphatic heterocycles. The van der Waals surface area contributed by atoms with Crippen LogP contribution in [0.1, 0.15) is 12.8 Å². The molecule has 0 fully saturated rings. The van der Waals surface area contributed by atoms with Gasteiger partial charge in [-0.3, -0.25) is 0 Å². The molecule has 0 saturated carbocycles. The standard InChI is InChI=1S/C16H38O5Si2/c1-17-10-11-19-14-15-20-13-12-18-9-7-8-16-23(5,6)21-22(2,3)4/h7-16H2,1-6H3. The van der Waals surface area contributed by atoms with Crippen molar-refractivity contribution < 1.29 is 23.1 Å². The molecular formula is C16H38O5Si2. The van der Waals surface area contributed by atoms with Gasteiger partial charge < -0.3 is 23.1 Å². The van der Waals surface area contributed by atoms with E-state index in [0.29, 0.717) is 39.6 Å². The van der Waals surface area contributed by atoms with Gasteiger partial charge in [-0.1, -0.05) is 6.42 Å². The predicted octanol–water partition coefficient (Wildman–Crippen LogP) is 3.52. The van der Waals surface area contributed by atoms with Crippen molar-refractivity contribution in [3.8, 4) is 0 Å². The quantitative estimate of drug-likeness (QED) is 0.309.